The highest BCUT2D eigenvalue weighted by atomic mass is 35.5. The van der Waals surface area contributed by atoms with E-state index in [1.807, 2.05) is 35.7 Å². The zero-order valence-electron chi connectivity index (χ0n) is 11.8. The molecule has 0 aliphatic heterocycles. The van der Waals surface area contributed by atoms with Crippen molar-refractivity contribution in [3.8, 4) is 0 Å². The lowest BCUT2D eigenvalue weighted by Crippen LogP contribution is -2.11. The Balaban J connectivity index is 0.00000161. The van der Waals surface area contributed by atoms with Crippen LogP contribution in [-0.2, 0) is 6.54 Å². The molecule has 3 rings (SSSR count). The van der Waals surface area contributed by atoms with Gasteiger partial charge in [0.1, 0.15) is 11.3 Å². The highest BCUT2D eigenvalue weighted by Crippen LogP contribution is 2.22. The summed E-state index contributed by atoms with van der Waals surface area (Å²) in [5, 5.41) is 0. The van der Waals surface area contributed by atoms with Crippen LogP contribution in [-0.4, -0.2) is 28.6 Å². The molecule has 4 nitrogen and oxygen atoms in total. The number of fused-ring (bicyclic) bond motifs is 1. The number of benzene rings is 1. The minimum absolute atomic E-state index is 0. The van der Waals surface area contributed by atoms with Gasteiger partial charge in [0.05, 0.1) is 18.4 Å². The highest BCUT2D eigenvalue weighted by Gasteiger charge is 2.11. The number of pyridine rings is 1. The molecule has 0 amide bonds. The van der Waals surface area contributed by atoms with Gasteiger partial charge in [0.25, 0.3) is 0 Å². The summed E-state index contributed by atoms with van der Waals surface area (Å²) in [6.07, 6.45) is 3.48. The average Bonchev–Trinajstić information content (AvgIpc) is 2.84. The summed E-state index contributed by atoms with van der Waals surface area (Å²) in [4.78, 5) is 10.6. The third kappa shape index (κ3) is 2.83. The maximum Gasteiger partial charge on any atom is 0.156 e. The van der Waals surface area contributed by atoms with E-state index >= 15 is 0 Å². The van der Waals surface area contributed by atoms with E-state index in [1.165, 1.54) is 6.07 Å². The second-order valence-electron chi connectivity index (χ2n) is 4.86. The summed E-state index contributed by atoms with van der Waals surface area (Å²) >= 11 is 0. The van der Waals surface area contributed by atoms with Gasteiger partial charge in [-0.05, 0) is 12.1 Å². The van der Waals surface area contributed by atoms with Gasteiger partial charge in [0.2, 0.25) is 0 Å². The molecule has 0 aliphatic rings. The quantitative estimate of drug-likeness (QED) is 0.745. The molecule has 0 unspecified atom stereocenters. The smallest absolute Gasteiger partial charge is 0.156 e. The Bertz CT molecular complexity index is 754. The van der Waals surface area contributed by atoms with Gasteiger partial charge < -0.3 is 9.47 Å². The van der Waals surface area contributed by atoms with Crippen LogP contribution < -0.4 is 4.90 Å². The Morgan fingerprint density at radius 2 is 1.90 bits per heavy atom. The van der Waals surface area contributed by atoms with Crippen LogP contribution in [0.3, 0.4) is 0 Å². The maximum atomic E-state index is 13.7. The van der Waals surface area contributed by atoms with Gasteiger partial charge in [-0.25, -0.2) is 14.4 Å². The molecule has 6 heteroatoms. The molecule has 3 aromatic rings. The zero-order valence-corrected chi connectivity index (χ0v) is 12.6. The van der Waals surface area contributed by atoms with Crippen LogP contribution in [0.2, 0.25) is 0 Å². The van der Waals surface area contributed by atoms with E-state index in [9.17, 15) is 4.39 Å². The molecule has 21 heavy (non-hydrogen) atoms. The Labute approximate surface area is 128 Å². The first kappa shape index (κ1) is 15.3. The molecule has 0 fully saturated rings. The van der Waals surface area contributed by atoms with Crippen LogP contribution in [0, 0.1) is 5.82 Å². The molecule has 110 valence electrons. The summed E-state index contributed by atoms with van der Waals surface area (Å²) in [7, 11) is 3.86. The molecule has 0 radical (unpaired) electrons. The van der Waals surface area contributed by atoms with Gasteiger partial charge in [0.15, 0.2) is 5.82 Å². The average molecular weight is 307 g/mol. The molecule has 2 heterocycles. The van der Waals surface area contributed by atoms with Crippen LogP contribution in [0.4, 0.5) is 10.2 Å². The summed E-state index contributed by atoms with van der Waals surface area (Å²) in [5.74, 6) is 0.617. The molecular formula is C15H16ClFN4. The van der Waals surface area contributed by atoms with E-state index in [0.717, 1.165) is 16.9 Å². The van der Waals surface area contributed by atoms with Crippen molar-refractivity contribution in [2.75, 3.05) is 19.0 Å². The Morgan fingerprint density at radius 3 is 2.62 bits per heavy atom. The number of hydrogen-bond acceptors (Lipinski definition) is 3. The summed E-state index contributed by atoms with van der Waals surface area (Å²) in [6, 6.07) is 8.69. The molecule has 0 aliphatic carbocycles. The fraction of sp³-hybridized carbons (Fsp3) is 0.200. The second-order valence-corrected chi connectivity index (χ2v) is 4.86. The van der Waals surface area contributed by atoms with E-state index in [2.05, 4.69) is 9.97 Å². The number of nitrogens with zero attached hydrogens (tertiary/aromatic N) is 4. The van der Waals surface area contributed by atoms with Crippen molar-refractivity contribution < 1.29 is 4.39 Å². The number of halogens is 2. The van der Waals surface area contributed by atoms with Crippen LogP contribution >= 0.6 is 12.4 Å². The van der Waals surface area contributed by atoms with Crippen LogP contribution in [0.1, 0.15) is 5.56 Å². The van der Waals surface area contributed by atoms with E-state index in [-0.39, 0.29) is 18.2 Å². The van der Waals surface area contributed by atoms with E-state index < -0.39 is 0 Å². The van der Waals surface area contributed by atoms with Crippen LogP contribution in [0.5, 0.6) is 0 Å². The van der Waals surface area contributed by atoms with Crippen LogP contribution in [0.15, 0.2) is 42.9 Å². The lowest BCUT2D eigenvalue weighted by molar-refractivity contribution is 0.601. The van der Waals surface area contributed by atoms with E-state index in [1.54, 1.807) is 24.7 Å². The lowest BCUT2D eigenvalue weighted by atomic mass is 10.2. The third-order valence-electron chi connectivity index (χ3n) is 3.24. The molecule has 0 spiro atoms. The molecule has 0 bridgehead atoms. The van der Waals surface area contributed by atoms with Crippen molar-refractivity contribution in [1.29, 1.82) is 0 Å². The molecule has 1 aromatic carbocycles. The van der Waals surface area contributed by atoms with E-state index in [0.29, 0.717) is 12.1 Å². The van der Waals surface area contributed by atoms with Crippen molar-refractivity contribution in [1.82, 2.24) is 14.5 Å². The third-order valence-corrected chi connectivity index (χ3v) is 3.24. The standard InChI is InChI=1S/C15H15FN4.ClH/c1-19(2)15-14-13(7-8-17-15)20(10-18-14)9-11-5-3-4-6-12(11)16;/h3-8,10H,9H2,1-2H3;1H. The van der Waals surface area contributed by atoms with Gasteiger partial charge in [-0.2, -0.15) is 0 Å². The SMILES string of the molecule is CN(C)c1nccc2c1ncn2Cc1ccccc1F.Cl. The first-order chi connectivity index (χ1) is 9.66. The summed E-state index contributed by atoms with van der Waals surface area (Å²) in [5.41, 5.74) is 2.43. The molecular weight excluding hydrogens is 291 g/mol. The maximum absolute atomic E-state index is 13.7. The Morgan fingerprint density at radius 1 is 1.14 bits per heavy atom. The monoisotopic (exact) mass is 306 g/mol. The van der Waals surface area contributed by atoms with Crippen molar-refractivity contribution in [3.63, 3.8) is 0 Å². The van der Waals surface area contributed by atoms with Gasteiger partial charge in [-0.1, -0.05) is 18.2 Å². The number of aromatic nitrogens is 3. The van der Waals surface area contributed by atoms with Crippen LogP contribution in [0.25, 0.3) is 11.0 Å². The van der Waals surface area contributed by atoms with Crippen molar-refractivity contribution in [2.24, 2.45) is 0 Å². The van der Waals surface area contributed by atoms with E-state index in [4.69, 9.17) is 0 Å². The second kappa shape index (κ2) is 6.10. The number of anilines is 1. The predicted octanol–water partition coefficient (Wildman–Crippen LogP) is 3.11. The minimum atomic E-state index is -0.198. The number of rotatable bonds is 3. The summed E-state index contributed by atoms with van der Waals surface area (Å²) in [6.45, 7) is 0.458. The predicted molar refractivity (Wildman–Crippen MR) is 84.6 cm³/mol. The molecule has 0 atom stereocenters. The number of imidazole rings is 1. The molecule has 2 aromatic heterocycles. The van der Waals surface area contributed by atoms with Crippen molar-refractivity contribution >= 4 is 29.3 Å². The number of hydrogen-bond donors (Lipinski definition) is 0. The lowest BCUT2D eigenvalue weighted by Gasteiger charge is -2.11. The normalized spacial score (nSPS) is 10.4. The van der Waals surface area contributed by atoms with Gasteiger partial charge in [-0.15, -0.1) is 12.4 Å². The fourth-order valence-corrected chi connectivity index (χ4v) is 2.24. The van der Waals surface area contributed by atoms with Gasteiger partial charge >= 0.3 is 0 Å². The first-order valence-corrected chi connectivity index (χ1v) is 6.37. The van der Waals surface area contributed by atoms with Crippen molar-refractivity contribution in [3.05, 3.63) is 54.2 Å². The Kier molecular flexibility index (Phi) is 4.43. The van der Waals surface area contributed by atoms with Crippen molar-refractivity contribution in [2.45, 2.75) is 6.54 Å². The molecule has 0 N–H and O–H groups in total. The highest BCUT2D eigenvalue weighted by molar-refractivity contribution is 5.86. The molecule has 0 saturated heterocycles. The Hall–Kier alpha value is -2.14. The van der Waals surface area contributed by atoms with Gasteiger partial charge in [0, 0.05) is 25.9 Å². The minimum Gasteiger partial charge on any atom is -0.361 e. The topological polar surface area (TPSA) is 34.0 Å². The first-order valence-electron chi connectivity index (χ1n) is 6.37. The zero-order chi connectivity index (χ0) is 14.1. The van der Waals surface area contributed by atoms with Gasteiger partial charge in [-0.3, -0.25) is 0 Å². The fourth-order valence-electron chi connectivity index (χ4n) is 2.24. The molecule has 0 saturated carbocycles. The summed E-state index contributed by atoms with van der Waals surface area (Å²) < 4.78 is 15.7. The largest absolute Gasteiger partial charge is 0.361 e.